The third-order valence-electron chi connectivity index (χ3n) is 1.38. The zero-order valence-corrected chi connectivity index (χ0v) is 9.33. The Morgan fingerprint density at radius 3 is 2.43 bits per heavy atom. The predicted octanol–water partition coefficient (Wildman–Crippen LogP) is 1.02. The third-order valence-corrected chi connectivity index (χ3v) is 2.05. The Hall–Kier alpha value is -0.550. The molecule has 0 aliphatic rings. The highest BCUT2D eigenvalue weighted by Crippen LogP contribution is 2.37. The fourth-order valence-electron chi connectivity index (χ4n) is 0.880. The summed E-state index contributed by atoms with van der Waals surface area (Å²) in [7, 11) is 0. The van der Waals surface area contributed by atoms with Gasteiger partial charge in [0.1, 0.15) is 5.82 Å². The van der Waals surface area contributed by atoms with Gasteiger partial charge in [0.25, 0.3) is 0 Å². The molecule has 0 bridgehead atoms. The van der Waals surface area contributed by atoms with Gasteiger partial charge < -0.3 is 14.3 Å². The average Bonchev–Trinajstić information content (AvgIpc) is 2.06. The lowest BCUT2D eigenvalue weighted by molar-refractivity contribution is 0.369. The zero-order chi connectivity index (χ0) is 10.6. The molecule has 78 valence electrons. The van der Waals surface area contributed by atoms with Gasteiger partial charge in [0.2, 0.25) is 0 Å². The molecule has 0 atom stereocenters. The van der Waals surface area contributed by atoms with Crippen LogP contribution in [0, 0.1) is 0 Å². The third kappa shape index (κ3) is 4.11. The summed E-state index contributed by atoms with van der Waals surface area (Å²) in [6.45, 7) is -1.64. The molecule has 0 aliphatic heterocycles. The van der Waals surface area contributed by atoms with Crippen molar-refractivity contribution >= 4 is 18.5 Å². The largest absolute Gasteiger partial charge is 0.421 e. The lowest BCUT2D eigenvalue weighted by Gasteiger charge is -2.08. The lowest BCUT2D eigenvalue weighted by Crippen LogP contribution is -1.96. The second-order valence-electron chi connectivity index (χ2n) is 2.67. The first-order chi connectivity index (χ1) is 6.51. The minimum Gasteiger partial charge on any atom is -0.421 e. The molecule has 0 spiro atoms. The Kier molecular flexibility index (Phi) is 3.95. The first-order valence-electron chi connectivity index (χ1n) is 4.07. The molecule has 1 aromatic heterocycles. The van der Waals surface area contributed by atoms with Gasteiger partial charge in [0.15, 0.2) is 5.75 Å². The van der Waals surface area contributed by atoms with Crippen molar-refractivity contribution in [3.8, 4) is 5.75 Å². The normalized spacial score (nSPS) is 11.4. The SMILES string of the molecule is CCCc1ncc(OP(O)(O)=S)cn1. The van der Waals surface area contributed by atoms with Crippen LogP contribution >= 0.6 is 6.72 Å². The Balaban J connectivity index is 2.69. The Bertz CT molecular complexity index is 337. The Morgan fingerprint density at radius 1 is 1.43 bits per heavy atom. The topological polar surface area (TPSA) is 75.5 Å². The van der Waals surface area contributed by atoms with Gasteiger partial charge in [-0.3, -0.25) is 0 Å². The first-order valence-corrected chi connectivity index (χ1v) is 6.70. The minimum atomic E-state index is -3.66. The maximum absolute atomic E-state index is 8.85. The van der Waals surface area contributed by atoms with Gasteiger partial charge in [-0.05, 0) is 6.42 Å². The zero-order valence-electron chi connectivity index (χ0n) is 7.62. The van der Waals surface area contributed by atoms with E-state index in [-0.39, 0.29) is 5.75 Å². The lowest BCUT2D eigenvalue weighted by atomic mass is 10.3. The van der Waals surface area contributed by atoms with Crippen molar-refractivity contribution in [1.82, 2.24) is 9.97 Å². The summed E-state index contributed by atoms with van der Waals surface area (Å²) in [5.74, 6) is 0.877. The van der Waals surface area contributed by atoms with Crippen molar-refractivity contribution in [2.45, 2.75) is 19.8 Å². The number of nitrogens with zero attached hydrogens (tertiary/aromatic N) is 2. The summed E-state index contributed by atoms with van der Waals surface area (Å²) < 4.78 is 4.65. The number of aryl methyl sites for hydroxylation is 1. The van der Waals surface area contributed by atoms with E-state index in [0.717, 1.165) is 12.8 Å². The van der Waals surface area contributed by atoms with Gasteiger partial charge in [-0.1, -0.05) is 6.92 Å². The average molecular weight is 234 g/mol. The molecule has 0 unspecified atom stereocenters. The maximum Gasteiger partial charge on any atom is 0.375 e. The molecule has 1 rings (SSSR count). The number of aromatic nitrogens is 2. The second-order valence-corrected chi connectivity index (χ2v) is 5.26. The van der Waals surface area contributed by atoms with Crippen LogP contribution in [-0.2, 0) is 18.2 Å². The summed E-state index contributed by atoms with van der Waals surface area (Å²) >= 11 is 4.30. The van der Waals surface area contributed by atoms with Crippen molar-refractivity contribution in [3.05, 3.63) is 18.2 Å². The molecule has 2 N–H and O–H groups in total. The van der Waals surface area contributed by atoms with E-state index in [2.05, 4.69) is 26.3 Å². The minimum absolute atomic E-state index is 0.179. The van der Waals surface area contributed by atoms with Gasteiger partial charge in [0.05, 0.1) is 12.4 Å². The van der Waals surface area contributed by atoms with Crippen LogP contribution in [0.1, 0.15) is 19.2 Å². The quantitative estimate of drug-likeness (QED) is 0.757. The molecule has 14 heavy (non-hydrogen) atoms. The maximum atomic E-state index is 8.85. The highest BCUT2D eigenvalue weighted by atomic mass is 32.5. The van der Waals surface area contributed by atoms with E-state index in [1.54, 1.807) is 0 Å². The van der Waals surface area contributed by atoms with E-state index in [4.69, 9.17) is 9.79 Å². The van der Waals surface area contributed by atoms with Gasteiger partial charge >= 0.3 is 6.72 Å². The monoisotopic (exact) mass is 234 g/mol. The van der Waals surface area contributed by atoms with Crippen LogP contribution in [-0.4, -0.2) is 19.8 Å². The summed E-state index contributed by atoms with van der Waals surface area (Å²) in [6.07, 6.45) is 4.50. The van der Waals surface area contributed by atoms with Crippen molar-refractivity contribution in [2.75, 3.05) is 0 Å². The molecule has 5 nitrogen and oxygen atoms in total. The molecule has 1 aromatic rings. The van der Waals surface area contributed by atoms with Crippen LogP contribution in [0.25, 0.3) is 0 Å². The van der Waals surface area contributed by atoms with E-state index in [1.807, 2.05) is 6.92 Å². The highest BCUT2D eigenvalue weighted by Gasteiger charge is 2.10. The molecule has 0 aromatic carbocycles. The molecule has 0 fully saturated rings. The van der Waals surface area contributed by atoms with Crippen molar-refractivity contribution in [3.63, 3.8) is 0 Å². The molecule has 0 saturated carbocycles. The summed E-state index contributed by atoms with van der Waals surface area (Å²) in [5.41, 5.74) is 0. The van der Waals surface area contributed by atoms with Gasteiger partial charge in [-0.2, -0.15) is 0 Å². The first kappa shape index (κ1) is 11.5. The second kappa shape index (κ2) is 4.79. The van der Waals surface area contributed by atoms with E-state index in [1.165, 1.54) is 12.4 Å². The number of rotatable bonds is 4. The van der Waals surface area contributed by atoms with Crippen LogP contribution < -0.4 is 4.52 Å². The van der Waals surface area contributed by atoms with Gasteiger partial charge in [-0.15, -0.1) is 0 Å². The van der Waals surface area contributed by atoms with E-state index < -0.39 is 6.72 Å². The molecule has 0 aliphatic carbocycles. The molecule has 0 saturated heterocycles. The summed E-state index contributed by atoms with van der Waals surface area (Å²) in [5, 5.41) is 0. The predicted molar refractivity (Wildman–Crippen MR) is 55.4 cm³/mol. The fraction of sp³-hybridized carbons (Fsp3) is 0.429. The van der Waals surface area contributed by atoms with Crippen LogP contribution in [0.15, 0.2) is 12.4 Å². The standard InChI is InChI=1S/C7H11N2O3PS/c1-2-3-7-8-4-6(5-9-7)12-13(10,11)14/h4-5H,2-3H2,1H3,(H2,10,11,14). The number of hydrogen-bond acceptors (Lipinski definition) is 4. The van der Waals surface area contributed by atoms with E-state index >= 15 is 0 Å². The molecule has 1 heterocycles. The highest BCUT2D eigenvalue weighted by molar-refractivity contribution is 8.06. The van der Waals surface area contributed by atoms with Crippen molar-refractivity contribution in [1.29, 1.82) is 0 Å². The van der Waals surface area contributed by atoms with Crippen LogP contribution in [0.3, 0.4) is 0 Å². The van der Waals surface area contributed by atoms with E-state index in [9.17, 15) is 0 Å². The molecule has 0 radical (unpaired) electrons. The molecule has 0 amide bonds. The number of hydrogen-bond donors (Lipinski definition) is 2. The Morgan fingerprint density at radius 2 is 2.00 bits per heavy atom. The van der Waals surface area contributed by atoms with Crippen molar-refractivity contribution < 1.29 is 14.3 Å². The molecular formula is C7H11N2O3PS. The van der Waals surface area contributed by atoms with Crippen LogP contribution in [0.4, 0.5) is 0 Å². The van der Waals surface area contributed by atoms with Crippen molar-refractivity contribution in [2.24, 2.45) is 0 Å². The van der Waals surface area contributed by atoms with Gasteiger partial charge in [-0.25, -0.2) is 9.97 Å². The fourth-order valence-corrected chi connectivity index (χ4v) is 1.51. The van der Waals surface area contributed by atoms with Crippen LogP contribution in [0.2, 0.25) is 0 Å². The molecular weight excluding hydrogens is 223 g/mol. The Labute approximate surface area is 87.0 Å². The van der Waals surface area contributed by atoms with Crippen LogP contribution in [0.5, 0.6) is 5.75 Å². The van der Waals surface area contributed by atoms with E-state index in [0.29, 0.717) is 5.82 Å². The summed E-state index contributed by atoms with van der Waals surface area (Å²) in [6, 6.07) is 0. The molecule has 7 heteroatoms. The van der Waals surface area contributed by atoms with Gasteiger partial charge in [0, 0.05) is 18.2 Å². The summed E-state index contributed by atoms with van der Waals surface area (Å²) in [4.78, 5) is 25.6. The smallest absolute Gasteiger partial charge is 0.375 e.